The van der Waals surface area contributed by atoms with Crippen LogP contribution in [0.15, 0.2) is 59.7 Å². The van der Waals surface area contributed by atoms with Gasteiger partial charge in [0, 0.05) is 16.7 Å². The fraction of sp³-hybridized carbons (Fsp3) is 0.440. The maximum absolute atomic E-state index is 12.6. The van der Waals surface area contributed by atoms with Crippen LogP contribution in [0.5, 0.6) is 0 Å². The minimum atomic E-state index is -0.122. The van der Waals surface area contributed by atoms with Crippen molar-refractivity contribution in [1.82, 2.24) is 5.43 Å². The van der Waals surface area contributed by atoms with Gasteiger partial charge in [0.05, 0.1) is 0 Å². The monoisotopic (exact) mass is 372 g/mol. The van der Waals surface area contributed by atoms with Crippen molar-refractivity contribution in [2.75, 3.05) is 0 Å². The van der Waals surface area contributed by atoms with Gasteiger partial charge in [0.15, 0.2) is 0 Å². The van der Waals surface area contributed by atoms with Crippen LogP contribution in [-0.2, 0) is 0 Å². The first kappa shape index (κ1) is 17.7. The molecule has 3 nitrogen and oxygen atoms in total. The Labute approximate surface area is 167 Å². The average molecular weight is 373 g/mol. The maximum atomic E-state index is 12.6. The van der Waals surface area contributed by atoms with Crippen LogP contribution in [0.3, 0.4) is 0 Å². The molecule has 6 rings (SSSR count). The lowest BCUT2D eigenvalue weighted by atomic mass is 9.48. The molecule has 144 valence electrons. The second-order valence-corrected chi connectivity index (χ2v) is 9.28. The average Bonchev–Trinajstić information content (AvgIpc) is 2.71. The molecule has 28 heavy (non-hydrogen) atoms. The third kappa shape index (κ3) is 3.17. The Kier molecular flexibility index (Phi) is 4.34. The normalized spacial score (nSPS) is 31.0. The van der Waals surface area contributed by atoms with E-state index >= 15 is 0 Å². The smallest absolute Gasteiger partial charge is 0.267 e. The Morgan fingerprint density at radius 1 is 0.857 bits per heavy atom. The van der Waals surface area contributed by atoms with Crippen LogP contribution in [0.4, 0.5) is 0 Å². The van der Waals surface area contributed by atoms with E-state index in [4.69, 9.17) is 0 Å². The van der Waals surface area contributed by atoms with E-state index in [9.17, 15) is 4.79 Å². The van der Waals surface area contributed by atoms with Gasteiger partial charge < -0.3 is 0 Å². The summed E-state index contributed by atoms with van der Waals surface area (Å²) < 4.78 is 0. The molecule has 0 aliphatic heterocycles. The van der Waals surface area contributed by atoms with Crippen molar-refractivity contribution in [3.8, 4) is 11.1 Å². The molecule has 2 aromatic carbocycles. The molecule has 1 N–H and O–H groups in total. The number of carbonyl (C=O) groups is 1. The molecular formula is C25H28N2O. The fourth-order valence-electron chi connectivity index (χ4n) is 6.32. The molecule has 0 radical (unpaired) electrons. The molecule has 0 heterocycles. The lowest BCUT2D eigenvalue weighted by Crippen LogP contribution is -2.49. The summed E-state index contributed by atoms with van der Waals surface area (Å²) in [5.41, 5.74) is 7.15. The van der Waals surface area contributed by atoms with Crippen LogP contribution in [0.1, 0.15) is 55.8 Å². The molecule has 4 aliphatic rings. The second-order valence-electron chi connectivity index (χ2n) is 9.28. The van der Waals surface area contributed by atoms with Crippen molar-refractivity contribution in [3.63, 3.8) is 0 Å². The highest BCUT2D eigenvalue weighted by Gasteiger charge is 2.52. The largest absolute Gasteiger partial charge is 0.271 e. The number of benzene rings is 2. The van der Waals surface area contributed by atoms with Gasteiger partial charge in [0.2, 0.25) is 0 Å². The van der Waals surface area contributed by atoms with E-state index in [1.165, 1.54) is 38.5 Å². The van der Waals surface area contributed by atoms with Gasteiger partial charge >= 0.3 is 0 Å². The van der Waals surface area contributed by atoms with E-state index in [-0.39, 0.29) is 11.3 Å². The molecule has 0 aromatic heterocycles. The maximum Gasteiger partial charge on any atom is 0.271 e. The van der Waals surface area contributed by atoms with Crippen molar-refractivity contribution in [2.24, 2.45) is 28.3 Å². The number of hydrogen-bond acceptors (Lipinski definition) is 2. The van der Waals surface area contributed by atoms with Gasteiger partial charge in [0.1, 0.15) is 0 Å². The number of hydrogen-bond donors (Lipinski definition) is 1. The van der Waals surface area contributed by atoms with Crippen molar-refractivity contribution in [1.29, 1.82) is 0 Å². The van der Waals surface area contributed by atoms with Crippen LogP contribution < -0.4 is 5.43 Å². The summed E-state index contributed by atoms with van der Waals surface area (Å²) in [7, 11) is 0. The third-order valence-electron chi connectivity index (χ3n) is 7.39. The molecule has 0 atom stereocenters. The number of nitrogens with zero attached hydrogens (tertiary/aromatic N) is 1. The molecular weight excluding hydrogens is 344 g/mol. The zero-order chi connectivity index (χ0) is 19.1. The Hall–Kier alpha value is -2.42. The highest BCUT2D eigenvalue weighted by molar-refractivity contribution is 5.96. The first-order chi connectivity index (χ1) is 13.6. The van der Waals surface area contributed by atoms with Gasteiger partial charge in [-0.05, 0) is 86.5 Å². The van der Waals surface area contributed by atoms with Gasteiger partial charge in [0.25, 0.3) is 5.91 Å². The summed E-state index contributed by atoms with van der Waals surface area (Å²) in [5.74, 6) is 2.54. The summed E-state index contributed by atoms with van der Waals surface area (Å²) in [5, 5.41) is 4.59. The van der Waals surface area contributed by atoms with E-state index in [0.717, 1.165) is 34.6 Å². The number of hydrazone groups is 1. The van der Waals surface area contributed by atoms with Gasteiger partial charge in [-0.25, -0.2) is 5.43 Å². The number of carbonyl (C=O) groups excluding carboxylic acids is 1. The molecule has 2 aromatic rings. The molecule has 4 saturated carbocycles. The lowest BCUT2D eigenvalue weighted by Gasteiger charge is -2.56. The topological polar surface area (TPSA) is 41.5 Å². The van der Waals surface area contributed by atoms with Gasteiger partial charge in [-0.15, -0.1) is 0 Å². The van der Waals surface area contributed by atoms with E-state index in [2.05, 4.69) is 29.6 Å². The summed E-state index contributed by atoms with van der Waals surface area (Å²) in [4.78, 5) is 12.6. The first-order valence-corrected chi connectivity index (χ1v) is 10.6. The standard InChI is InChI=1S/C25H28N2O/c1-17(25-14-18-11-19(15-25)13-20(12-18)16-25)26-27-24(28)23-9-7-22(8-10-23)21-5-3-2-4-6-21/h2-10,18-20H,11-16H2,1H3,(H,27,28). The summed E-state index contributed by atoms with van der Waals surface area (Å²) >= 11 is 0. The molecule has 0 unspecified atom stereocenters. The van der Waals surface area contributed by atoms with Gasteiger partial charge in [-0.3, -0.25) is 4.79 Å². The lowest BCUT2D eigenvalue weighted by molar-refractivity contribution is -0.0128. The Morgan fingerprint density at radius 3 is 1.96 bits per heavy atom. The predicted molar refractivity (Wildman–Crippen MR) is 113 cm³/mol. The van der Waals surface area contributed by atoms with Crippen molar-refractivity contribution >= 4 is 11.6 Å². The van der Waals surface area contributed by atoms with Crippen LogP contribution in [0.2, 0.25) is 0 Å². The Morgan fingerprint density at radius 2 is 1.39 bits per heavy atom. The van der Waals surface area contributed by atoms with E-state index < -0.39 is 0 Å². The number of amides is 1. The Balaban J connectivity index is 1.28. The minimum absolute atomic E-state index is 0.122. The van der Waals surface area contributed by atoms with Crippen molar-refractivity contribution < 1.29 is 4.79 Å². The van der Waals surface area contributed by atoms with Crippen LogP contribution in [0, 0.1) is 23.2 Å². The molecule has 4 bridgehead atoms. The summed E-state index contributed by atoms with van der Waals surface area (Å²) in [6.07, 6.45) is 8.09. The Bertz CT molecular complexity index is 863. The van der Waals surface area contributed by atoms with Crippen LogP contribution >= 0.6 is 0 Å². The SMILES string of the molecule is CC(=NNC(=O)c1ccc(-c2ccccc2)cc1)C12CC3CC(CC(C3)C1)C2. The van der Waals surface area contributed by atoms with Gasteiger partial charge in [-0.2, -0.15) is 5.10 Å². The van der Waals surface area contributed by atoms with E-state index in [1.807, 2.05) is 42.5 Å². The van der Waals surface area contributed by atoms with E-state index in [1.54, 1.807) is 0 Å². The zero-order valence-electron chi connectivity index (χ0n) is 16.5. The third-order valence-corrected chi connectivity index (χ3v) is 7.39. The molecule has 1 amide bonds. The molecule has 0 saturated heterocycles. The number of rotatable bonds is 4. The minimum Gasteiger partial charge on any atom is -0.267 e. The van der Waals surface area contributed by atoms with Crippen molar-refractivity contribution in [2.45, 2.75) is 45.4 Å². The highest BCUT2D eigenvalue weighted by atomic mass is 16.2. The first-order valence-electron chi connectivity index (χ1n) is 10.6. The zero-order valence-corrected chi connectivity index (χ0v) is 16.5. The quantitative estimate of drug-likeness (QED) is 0.545. The fourth-order valence-corrected chi connectivity index (χ4v) is 6.32. The second kappa shape index (κ2) is 6.88. The van der Waals surface area contributed by atoms with Crippen molar-refractivity contribution in [3.05, 3.63) is 60.2 Å². The molecule has 4 aliphatic carbocycles. The summed E-state index contributed by atoms with van der Waals surface area (Å²) in [6, 6.07) is 18.0. The van der Waals surface area contributed by atoms with Crippen LogP contribution in [0.25, 0.3) is 11.1 Å². The molecule has 4 fully saturated rings. The summed E-state index contributed by atoms with van der Waals surface area (Å²) in [6.45, 7) is 2.13. The van der Waals surface area contributed by atoms with Gasteiger partial charge in [-0.1, -0.05) is 42.5 Å². The number of nitrogens with one attached hydrogen (secondary N) is 1. The molecule has 0 spiro atoms. The van der Waals surface area contributed by atoms with E-state index in [0.29, 0.717) is 5.56 Å². The highest BCUT2D eigenvalue weighted by Crippen LogP contribution is 2.60. The predicted octanol–water partition coefficient (Wildman–Crippen LogP) is 5.68. The molecule has 3 heteroatoms. The van der Waals surface area contributed by atoms with Crippen LogP contribution in [-0.4, -0.2) is 11.6 Å².